The Morgan fingerprint density at radius 1 is 1.22 bits per heavy atom. The van der Waals surface area contributed by atoms with Gasteiger partial charge in [0.05, 0.1) is 0 Å². The third-order valence-corrected chi connectivity index (χ3v) is 1.12. The Hall–Kier alpha value is -0.920. The monoisotopic (exact) mass is 128 g/mol. The van der Waals surface area contributed by atoms with Gasteiger partial charge < -0.3 is 0 Å². The molecule has 0 unspecified atom stereocenters. The molecule has 0 aliphatic heterocycles. The van der Waals surface area contributed by atoms with E-state index >= 15 is 0 Å². The first-order valence-electron chi connectivity index (χ1n) is 2.62. The van der Waals surface area contributed by atoms with Gasteiger partial charge >= 0.3 is 0 Å². The fourth-order valence-corrected chi connectivity index (χ4v) is 0.608. The number of hydrogen-bond acceptors (Lipinski definition) is 0. The maximum atomic E-state index is 12.3. The molecule has 0 spiro atoms. The minimum atomic E-state index is -0.395. The van der Waals surface area contributed by atoms with Gasteiger partial charge in [-0.05, 0) is 30.7 Å². The molecule has 0 nitrogen and oxygen atoms in total. The molecule has 1 rings (SSSR count). The van der Waals surface area contributed by atoms with E-state index in [1.807, 2.05) is 0 Å². The van der Waals surface area contributed by atoms with E-state index in [0.29, 0.717) is 5.56 Å². The van der Waals surface area contributed by atoms with E-state index < -0.39 is 5.82 Å². The Kier molecular flexibility index (Phi) is 1.47. The maximum absolute atomic E-state index is 12.3. The topological polar surface area (TPSA) is 0 Å². The molecule has 0 aliphatic carbocycles. The van der Waals surface area contributed by atoms with Gasteiger partial charge in [0, 0.05) is 0 Å². The molecule has 0 atom stereocenters. The normalized spacial score (nSPS) is 9.67. The van der Waals surface area contributed by atoms with Gasteiger partial charge in [0.1, 0.15) is 11.6 Å². The van der Waals surface area contributed by atoms with Crippen LogP contribution in [0, 0.1) is 18.6 Å². The van der Waals surface area contributed by atoms with Crippen molar-refractivity contribution < 1.29 is 8.78 Å². The van der Waals surface area contributed by atoms with Crippen LogP contribution in [0.2, 0.25) is 0 Å². The summed E-state index contributed by atoms with van der Waals surface area (Å²) >= 11 is 0. The van der Waals surface area contributed by atoms with Crippen molar-refractivity contribution in [2.24, 2.45) is 0 Å². The molecule has 0 aromatic heterocycles. The Balaban J connectivity index is 3.17. The molecular weight excluding hydrogens is 122 g/mol. The second-order valence-electron chi connectivity index (χ2n) is 1.89. The number of rotatable bonds is 0. The van der Waals surface area contributed by atoms with Crippen molar-refractivity contribution in [2.45, 2.75) is 6.92 Å². The fraction of sp³-hybridized carbons (Fsp3) is 0.143. The van der Waals surface area contributed by atoms with Crippen LogP contribution in [0.1, 0.15) is 5.56 Å². The van der Waals surface area contributed by atoms with Crippen molar-refractivity contribution in [1.29, 1.82) is 0 Å². The number of aryl methyl sites for hydroxylation is 1. The van der Waals surface area contributed by atoms with E-state index in [0.717, 1.165) is 18.2 Å². The lowest BCUT2D eigenvalue weighted by molar-refractivity contribution is 0.592. The summed E-state index contributed by atoms with van der Waals surface area (Å²) in [5.74, 6) is -0.759. The zero-order chi connectivity index (χ0) is 6.85. The van der Waals surface area contributed by atoms with Crippen LogP contribution in [0.15, 0.2) is 18.2 Å². The Bertz CT molecular complexity index is 218. The van der Waals surface area contributed by atoms with Crippen molar-refractivity contribution >= 4 is 0 Å². The highest BCUT2D eigenvalue weighted by molar-refractivity contribution is 5.16. The van der Waals surface area contributed by atoms with Crippen LogP contribution in [0.4, 0.5) is 8.78 Å². The Labute approximate surface area is 52.1 Å². The summed E-state index contributed by atoms with van der Waals surface area (Å²) in [6.07, 6.45) is 0. The lowest BCUT2D eigenvalue weighted by Gasteiger charge is -1.92. The summed E-state index contributed by atoms with van der Waals surface area (Å²) in [5, 5.41) is 0. The minimum Gasteiger partial charge on any atom is -0.207 e. The largest absolute Gasteiger partial charge is 0.207 e. The standard InChI is InChI=1S/C7H6F2/c1-5-4-6(8)2-3-7(5)9/h2-4H,1H3. The van der Waals surface area contributed by atoms with Gasteiger partial charge in [-0.25, -0.2) is 8.78 Å². The molecule has 0 fully saturated rings. The van der Waals surface area contributed by atoms with Crippen LogP contribution in [0.3, 0.4) is 0 Å². The first kappa shape index (κ1) is 6.20. The summed E-state index contributed by atoms with van der Waals surface area (Å²) < 4.78 is 24.5. The van der Waals surface area contributed by atoms with E-state index in [4.69, 9.17) is 0 Å². The molecule has 0 radical (unpaired) electrons. The van der Waals surface area contributed by atoms with E-state index in [1.165, 1.54) is 6.92 Å². The second-order valence-corrected chi connectivity index (χ2v) is 1.89. The van der Waals surface area contributed by atoms with Gasteiger partial charge in [0.25, 0.3) is 0 Å². The first-order chi connectivity index (χ1) is 4.20. The SMILES string of the molecule is Cc1cc(F)ccc1F. The van der Waals surface area contributed by atoms with E-state index in [9.17, 15) is 8.78 Å². The Morgan fingerprint density at radius 2 is 1.89 bits per heavy atom. The number of hydrogen-bond donors (Lipinski definition) is 0. The predicted octanol–water partition coefficient (Wildman–Crippen LogP) is 2.27. The summed E-state index contributed by atoms with van der Waals surface area (Å²) in [5.41, 5.74) is 0.343. The fourth-order valence-electron chi connectivity index (χ4n) is 0.608. The maximum Gasteiger partial charge on any atom is 0.126 e. The van der Waals surface area contributed by atoms with Crippen molar-refractivity contribution in [3.8, 4) is 0 Å². The van der Waals surface area contributed by atoms with Gasteiger partial charge in [-0.2, -0.15) is 0 Å². The zero-order valence-electron chi connectivity index (χ0n) is 4.99. The van der Waals surface area contributed by atoms with Gasteiger partial charge in [-0.3, -0.25) is 0 Å². The molecule has 0 amide bonds. The molecule has 2 heteroatoms. The van der Waals surface area contributed by atoms with Gasteiger partial charge in [0.15, 0.2) is 0 Å². The quantitative estimate of drug-likeness (QED) is 0.502. The number of benzene rings is 1. The first-order valence-corrected chi connectivity index (χ1v) is 2.62. The molecule has 0 bridgehead atoms. The summed E-state index contributed by atoms with van der Waals surface area (Å²) in [6.45, 7) is 1.53. The zero-order valence-corrected chi connectivity index (χ0v) is 4.99. The molecule has 48 valence electrons. The second kappa shape index (κ2) is 2.13. The molecule has 9 heavy (non-hydrogen) atoms. The molecule has 1 aromatic rings. The van der Waals surface area contributed by atoms with Gasteiger partial charge in [-0.15, -0.1) is 0 Å². The lowest BCUT2D eigenvalue weighted by Crippen LogP contribution is -1.81. The molecule has 0 heterocycles. The summed E-state index contributed by atoms with van der Waals surface area (Å²) in [7, 11) is 0. The average Bonchev–Trinajstić information content (AvgIpc) is 1.80. The van der Waals surface area contributed by atoms with Crippen LogP contribution < -0.4 is 0 Å². The number of halogens is 2. The molecule has 0 saturated heterocycles. The van der Waals surface area contributed by atoms with Crippen LogP contribution >= 0.6 is 0 Å². The van der Waals surface area contributed by atoms with Crippen molar-refractivity contribution in [3.05, 3.63) is 35.4 Å². The smallest absolute Gasteiger partial charge is 0.126 e. The third-order valence-electron chi connectivity index (χ3n) is 1.12. The summed E-state index contributed by atoms with van der Waals surface area (Å²) in [6, 6.07) is 3.38. The lowest BCUT2D eigenvalue weighted by atomic mass is 10.2. The van der Waals surface area contributed by atoms with Gasteiger partial charge in [-0.1, -0.05) is 0 Å². The predicted molar refractivity (Wildman–Crippen MR) is 31.1 cm³/mol. The van der Waals surface area contributed by atoms with E-state index in [-0.39, 0.29) is 5.82 Å². The van der Waals surface area contributed by atoms with E-state index in [2.05, 4.69) is 0 Å². The average molecular weight is 128 g/mol. The minimum absolute atomic E-state index is 0.343. The van der Waals surface area contributed by atoms with Crippen LogP contribution in [-0.4, -0.2) is 0 Å². The van der Waals surface area contributed by atoms with E-state index in [1.54, 1.807) is 0 Å². The van der Waals surface area contributed by atoms with Crippen molar-refractivity contribution in [1.82, 2.24) is 0 Å². The highest BCUT2D eigenvalue weighted by Gasteiger charge is 1.95. The van der Waals surface area contributed by atoms with Crippen LogP contribution in [-0.2, 0) is 0 Å². The van der Waals surface area contributed by atoms with Crippen LogP contribution in [0.5, 0.6) is 0 Å². The molecule has 0 N–H and O–H groups in total. The summed E-state index contributed by atoms with van der Waals surface area (Å²) in [4.78, 5) is 0. The highest BCUT2D eigenvalue weighted by atomic mass is 19.1. The van der Waals surface area contributed by atoms with Crippen LogP contribution in [0.25, 0.3) is 0 Å². The third kappa shape index (κ3) is 1.25. The molecule has 1 aromatic carbocycles. The highest BCUT2D eigenvalue weighted by Crippen LogP contribution is 2.06. The molecule has 0 saturated carbocycles. The van der Waals surface area contributed by atoms with Crippen molar-refractivity contribution in [3.63, 3.8) is 0 Å². The van der Waals surface area contributed by atoms with Gasteiger partial charge in [0.2, 0.25) is 0 Å². The Morgan fingerprint density at radius 3 is 2.33 bits per heavy atom. The molecular formula is C7H6F2. The molecule has 0 aliphatic rings. The van der Waals surface area contributed by atoms with Crippen molar-refractivity contribution in [2.75, 3.05) is 0 Å².